The molecular formula is C25H25F3N4O3. The third-order valence-electron chi connectivity index (χ3n) is 6.06. The highest BCUT2D eigenvalue weighted by atomic mass is 19.4. The molecule has 1 amide bonds. The van der Waals surface area contributed by atoms with Crippen LogP contribution in [0, 0.1) is 5.92 Å². The van der Waals surface area contributed by atoms with E-state index in [2.05, 4.69) is 4.98 Å². The number of hydrogen-bond donors (Lipinski definition) is 1. The lowest BCUT2D eigenvalue weighted by Gasteiger charge is -2.30. The van der Waals surface area contributed by atoms with E-state index < -0.39 is 30.8 Å². The fraction of sp³-hybridized carbons (Fsp3) is 0.320. The van der Waals surface area contributed by atoms with Crippen molar-refractivity contribution in [3.05, 3.63) is 93.4 Å². The van der Waals surface area contributed by atoms with E-state index in [1.807, 2.05) is 60.7 Å². The number of nitrogens with zero attached hydrogens (tertiary/aromatic N) is 3. The van der Waals surface area contributed by atoms with E-state index in [1.165, 1.54) is 9.47 Å². The predicted molar refractivity (Wildman–Crippen MR) is 124 cm³/mol. The molecule has 0 fully saturated rings. The number of hydrogen-bond acceptors (Lipinski definition) is 5. The Hall–Kier alpha value is -3.82. The maximum Gasteiger partial charge on any atom is 0.410 e. The smallest absolute Gasteiger partial charge is 0.410 e. The quantitative estimate of drug-likeness (QED) is 0.585. The molecule has 0 aliphatic carbocycles. The SMILES string of the molecule is CC(COC(=O)N1CCc2c(nc(N)n(C(c3ccccc3)c3ccccc3)c2=O)C1)C(F)(F)F. The average Bonchev–Trinajstić information content (AvgIpc) is 2.85. The van der Waals surface area contributed by atoms with E-state index in [-0.39, 0.29) is 31.0 Å². The highest BCUT2D eigenvalue weighted by Gasteiger charge is 2.37. The summed E-state index contributed by atoms with van der Waals surface area (Å²) in [7, 11) is 0. The molecule has 2 N–H and O–H groups in total. The predicted octanol–water partition coefficient (Wildman–Crippen LogP) is 4.16. The minimum atomic E-state index is -4.45. The summed E-state index contributed by atoms with van der Waals surface area (Å²) in [6.45, 7) is 0.211. The Kier molecular flexibility index (Phi) is 6.81. The Balaban J connectivity index is 1.63. The summed E-state index contributed by atoms with van der Waals surface area (Å²) >= 11 is 0. The number of rotatable bonds is 5. The normalized spacial score (nSPS) is 14.5. The Bertz CT molecular complexity index is 1210. The zero-order valence-electron chi connectivity index (χ0n) is 19.0. The van der Waals surface area contributed by atoms with Crippen molar-refractivity contribution < 1.29 is 22.7 Å². The number of anilines is 1. The maximum atomic E-state index is 13.6. The third-order valence-corrected chi connectivity index (χ3v) is 6.06. The second kappa shape index (κ2) is 9.81. The van der Waals surface area contributed by atoms with Gasteiger partial charge in [0.25, 0.3) is 5.56 Å². The van der Waals surface area contributed by atoms with Gasteiger partial charge in [-0.05, 0) is 17.5 Å². The van der Waals surface area contributed by atoms with Crippen molar-refractivity contribution >= 4 is 12.0 Å². The number of alkyl halides is 3. The number of fused-ring (bicyclic) bond motifs is 1. The number of nitrogens with two attached hydrogens (primary N) is 1. The van der Waals surface area contributed by atoms with Crippen molar-refractivity contribution in [3.63, 3.8) is 0 Å². The molecule has 2 heterocycles. The van der Waals surface area contributed by atoms with Gasteiger partial charge >= 0.3 is 12.3 Å². The molecule has 3 aromatic rings. The zero-order chi connectivity index (χ0) is 25.2. The highest BCUT2D eigenvalue weighted by Crippen LogP contribution is 2.29. The van der Waals surface area contributed by atoms with Crippen LogP contribution in [0.2, 0.25) is 0 Å². The molecule has 184 valence electrons. The van der Waals surface area contributed by atoms with Crippen LogP contribution in [0.4, 0.5) is 23.9 Å². The lowest BCUT2D eigenvalue weighted by atomic mass is 9.97. The van der Waals surface area contributed by atoms with Gasteiger partial charge in [0.15, 0.2) is 0 Å². The molecule has 35 heavy (non-hydrogen) atoms. The molecule has 1 aromatic heterocycles. The second-order valence-corrected chi connectivity index (χ2v) is 8.49. The molecule has 0 radical (unpaired) electrons. The average molecular weight is 486 g/mol. The van der Waals surface area contributed by atoms with Gasteiger partial charge in [0, 0.05) is 12.1 Å². The van der Waals surface area contributed by atoms with Gasteiger partial charge in [0.1, 0.15) is 6.61 Å². The maximum absolute atomic E-state index is 13.6. The standard InChI is InChI=1S/C25H25F3N4O3/c1-16(25(26,27)28)15-35-24(34)31-13-12-19-20(14-31)30-23(29)32(22(19)33)21(17-8-4-2-5-9-17)18-10-6-3-7-11-18/h2-11,16,21H,12-15H2,1H3,(H2,29,30). The summed E-state index contributed by atoms with van der Waals surface area (Å²) in [5.74, 6) is -1.80. The lowest BCUT2D eigenvalue weighted by Crippen LogP contribution is -2.42. The van der Waals surface area contributed by atoms with Crippen LogP contribution in [0.5, 0.6) is 0 Å². The minimum Gasteiger partial charge on any atom is -0.449 e. The summed E-state index contributed by atoms with van der Waals surface area (Å²) in [5.41, 5.74) is 8.41. The van der Waals surface area contributed by atoms with E-state index in [1.54, 1.807) is 0 Å². The number of amides is 1. The molecule has 7 nitrogen and oxygen atoms in total. The largest absolute Gasteiger partial charge is 0.449 e. The van der Waals surface area contributed by atoms with Crippen LogP contribution in [0.15, 0.2) is 65.5 Å². The third kappa shape index (κ3) is 5.16. The number of carbonyl (C=O) groups is 1. The van der Waals surface area contributed by atoms with Gasteiger partial charge in [-0.2, -0.15) is 13.2 Å². The van der Waals surface area contributed by atoms with Crippen LogP contribution in [-0.2, 0) is 17.7 Å². The molecule has 0 saturated heterocycles. The van der Waals surface area contributed by atoms with E-state index >= 15 is 0 Å². The van der Waals surface area contributed by atoms with E-state index in [9.17, 15) is 22.8 Å². The zero-order valence-corrected chi connectivity index (χ0v) is 19.0. The van der Waals surface area contributed by atoms with Crippen molar-refractivity contribution in [2.45, 2.75) is 32.1 Å². The summed E-state index contributed by atoms with van der Waals surface area (Å²) in [6, 6.07) is 18.4. The summed E-state index contributed by atoms with van der Waals surface area (Å²) in [4.78, 5) is 31.6. The van der Waals surface area contributed by atoms with Crippen LogP contribution in [0.25, 0.3) is 0 Å². The van der Waals surface area contributed by atoms with Crippen molar-refractivity contribution in [2.24, 2.45) is 5.92 Å². The van der Waals surface area contributed by atoms with Gasteiger partial charge in [0.05, 0.1) is 24.2 Å². The summed E-state index contributed by atoms with van der Waals surface area (Å²) < 4.78 is 44.4. The number of nitrogen functional groups attached to an aromatic ring is 1. The number of carbonyl (C=O) groups excluding carboxylic acids is 1. The van der Waals surface area contributed by atoms with Gasteiger partial charge in [0.2, 0.25) is 5.95 Å². The first-order valence-corrected chi connectivity index (χ1v) is 11.1. The summed E-state index contributed by atoms with van der Waals surface area (Å²) in [6.07, 6.45) is -5.16. The molecule has 4 rings (SSSR count). The Morgan fingerprint density at radius 2 is 1.66 bits per heavy atom. The van der Waals surface area contributed by atoms with Gasteiger partial charge in [-0.1, -0.05) is 67.6 Å². The number of aromatic nitrogens is 2. The molecule has 1 atom stereocenters. The molecule has 10 heteroatoms. The first kappa shape index (κ1) is 24.3. The van der Waals surface area contributed by atoms with E-state index in [0.717, 1.165) is 18.1 Å². The van der Waals surface area contributed by atoms with Crippen molar-refractivity contribution in [1.82, 2.24) is 14.5 Å². The molecule has 0 bridgehead atoms. The second-order valence-electron chi connectivity index (χ2n) is 8.49. The van der Waals surface area contributed by atoms with Crippen molar-refractivity contribution in [3.8, 4) is 0 Å². The highest BCUT2D eigenvalue weighted by molar-refractivity contribution is 5.68. The van der Waals surface area contributed by atoms with Gasteiger partial charge in [-0.3, -0.25) is 9.36 Å². The van der Waals surface area contributed by atoms with E-state index in [4.69, 9.17) is 10.5 Å². The summed E-state index contributed by atoms with van der Waals surface area (Å²) in [5, 5.41) is 0. The van der Waals surface area contributed by atoms with Gasteiger partial charge in [-0.15, -0.1) is 0 Å². The molecule has 0 saturated carbocycles. The Labute approximate surface area is 200 Å². The monoisotopic (exact) mass is 486 g/mol. The van der Waals surface area contributed by atoms with Crippen LogP contribution in [-0.4, -0.2) is 39.9 Å². The Morgan fingerprint density at radius 3 is 2.20 bits per heavy atom. The molecule has 0 spiro atoms. The number of benzene rings is 2. The van der Waals surface area contributed by atoms with Gasteiger partial charge in [-0.25, -0.2) is 9.78 Å². The molecular weight excluding hydrogens is 461 g/mol. The first-order valence-electron chi connectivity index (χ1n) is 11.1. The van der Waals surface area contributed by atoms with Crippen LogP contribution < -0.4 is 11.3 Å². The van der Waals surface area contributed by atoms with Crippen molar-refractivity contribution in [1.29, 1.82) is 0 Å². The fourth-order valence-corrected chi connectivity index (χ4v) is 4.07. The lowest BCUT2D eigenvalue weighted by molar-refractivity contribution is -0.178. The van der Waals surface area contributed by atoms with E-state index in [0.29, 0.717) is 11.3 Å². The topological polar surface area (TPSA) is 90.4 Å². The number of halogens is 3. The van der Waals surface area contributed by atoms with Crippen LogP contribution >= 0.6 is 0 Å². The minimum absolute atomic E-state index is 0.0210. The molecule has 2 aromatic carbocycles. The Morgan fingerprint density at radius 1 is 1.09 bits per heavy atom. The van der Waals surface area contributed by atoms with Crippen molar-refractivity contribution in [2.75, 3.05) is 18.9 Å². The van der Waals surface area contributed by atoms with Crippen LogP contribution in [0.3, 0.4) is 0 Å². The van der Waals surface area contributed by atoms with Gasteiger partial charge < -0.3 is 15.4 Å². The van der Waals surface area contributed by atoms with Crippen LogP contribution in [0.1, 0.15) is 35.3 Å². The molecule has 1 aliphatic rings. The fourth-order valence-electron chi connectivity index (χ4n) is 4.07. The molecule has 1 unspecified atom stereocenters. The molecule has 1 aliphatic heterocycles. The first-order chi connectivity index (χ1) is 16.7. The number of ether oxygens (including phenoxy) is 1.